The Balaban J connectivity index is 1.84. The summed E-state index contributed by atoms with van der Waals surface area (Å²) in [6, 6.07) is 12.2. The monoisotopic (exact) mass is 444 g/mol. The predicted molar refractivity (Wildman–Crippen MR) is 119 cm³/mol. The summed E-state index contributed by atoms with van der Waals surface area (Å²) in [4.78, 5) is 30.3. The Morgan fingerprint density at radius 1 is 0.933 bits per heavy atom. The van der Waals surface area contributed by atoms with E-state index in [1.165, 1.54) is 4.90 Å². The van der Waals surface area contributed by atoms with Crippen molar-refractivity contribution < 1.29 is 14.3 Å². The molecule has 2 amide bonds. The van der Waals surface area contributed by atoms with Crippen LogP contribution in [-0.2, 0) is 14.3 Å². The van der Waals surface area contributed by atoms with Crippen molar-refractivity contribution in [2.75, 3.05) is 18.0 Å². The molecule has 0 saturated carbocycles. The molecule has 0 bridgehead atoms. The van der Waals surface area contributed by atoms with Crippen molar-refractivity contribution in [3.05, 3.63) is 69.3 Å². The standard InChI is InChI=1S/C23H22Cl2N2O3/c1-13-4-9-18(10-19(13)25)27-22(28)20(16-5-7-17(24)8-6-16)21(23(27)29)26-11-14(2)30-15(3)12-26/h4-10,14-15H,11-12H2,1-3H3. The molecule has 2 aromatic rings. The molecule has 7 heteroatoms. The molecule has 30 heavy (non-hydrogen) atoms. The van der Waals surface area contributed by atoms with E-state index in [9.17, 15) is 9.59 Å². The zero-order valence-electron chi connectivity index (χ0n) is 17.0. The van der Waals surface area contributed by atoms with Gasteiger partial charge >= 0.3 is 0 Å². The minimum absolute atomic E-state index is 0.0570. The quantitative estimate of drug-likeness (QED) is 0.643. The average molecular weight is 445 g/mol. The highest BCUT2D eigenvalue weighted by Crippen LogP contribution is 2.37. The number of halogens is 2. The topological polar surface area (TPSA) is 49.9 Å². The van der Waals surface area contributed by atoms with Crippen LogP contribution in [0.4, 0.5) is 5.69 Å². The van der Waals surface area contributed by atoms with Gasteiger partial charge in [-0.1, -0.05) is 41.4 Å². The molecule has 2 aliphatic rings. The van der Waals surface area contributed by atoms with E-state index >= 15 is 0 Å². The molecule has 2 heterocycles. The zero-order valence-corrected chi connectivity index (χ0v) is 18.5. The van der Waals surface area contributed by atoms with Gasteiger partial charge in [-0.2, -0.15) is 0 Å². The van der Waals surface area contributed by atoms with Crippen LogP contribution in [0, 0.1) is 6.92 Å². The van der Waals surface area contributed by atoms with Gasteiger partial charge in [0, 0.05) is 23.1 Å². The fraction of sp³-hybridized carbons (Fsp3) is 0.304. The fourth-order valence-electron chi connectivity index (χ4n) is 4.00. The van der Waals surface area contributed by atoms with Crippen LogP contribution in [0.25, 0.3) is 5.57 Å². The minimum atomic E-state index is -0.371. The van der Waals surface area contributed by atoms with E-state index in [2.05, 4.69) is 0 Å². The number of rotatable bonds is 3. The number of carbonyl (C=O) groups excluding carboxylic acids is 2. The zero-order chi connectivity index (χ0) is 21.6. The second-order valence-corrected chi connectivity index (χ2v) is 8.62. The molecule has 2 atom stereocenters. The van der Waals surface area contributed by atoms with E-state index < -0.39 is 0 Å². The molecule has 5 nitrogen and oxygen atoms in total. The van der Waals surface area contributed by atoms with Crippen LogP contribution in [0.5, 0.6) is 0 Å². The van der Waals surface area contributed by atoms with Crippen LogP contribution < -0.4 is 4.90 Å². The molecule has 4 rings (SSSR count). The lowest BCUT2D eigenvalue weighted by Gasteiger charge is -2.37. The molecule has 0 radical (unpaired) electrons. The second-order valence-electron chi connectivity index (χ2n) is 7.77. The Labute approximate surface area is 185 Å². The smallest absolute Gasteiger partial charge is 0.282 e. The van der Waals surface area contributed by atoms with Crippen molar-refractivity contribution in [2.24, 2.45) is 0 Å². The second kappa shape index (κ2) is 8.06. The van der Waals surface area contributed by atoms with E-state index in [4.69, 9.17) is 27.9 Å². The van der Waals surface area contributed by atoms with Crippen LogP contribution in [0.1, 0.15) is 25.0 Å². The van der Waals surface area contributed by atoms with Crippen LogP contribution in [0.15, 0.2) is 48.2 Å². The summed E-state index contributed by atoms with van der Waals surface area (Å²) < 4.78 is 5.83. The van der Waals surface area contributed by atoms with Crippen molar-refractivity contribution in [1.29, 1.82) is 0 Å². The number of hydrogen-bond donors (Lipinski definition) is 0. The first-order chi connectivity index (χ1) is 14.3. The summed E-state index contributed by atoms with van der Waals surface area (Å²) in [6.45, 7) is 6.85. The molecule has 1 fully saturated rings. The maximum atomic E-state index is 13.6. The Hall–Kier alpha value is -2.34. The Morgan fingerprint density at radius 2 is 1.57 bits per heavy atom. The Kier molecular flexibility index (Phi) is 5.62. The molecule has 2 aromatic carbocycles. The minimum Gasteiger partial charge on any atom is -0.372 e. The number of ether oxygens (including phenoxy) is 1. The van der Waals surface area contributed by atoms with Crippen molar-refractivity contribution in [3.8, 4) is 0 Å². The number of hydrogen-bond acceptors (Lipinski definition) is 4. The van der Waals surface area contributed by atoms with Gasteiger partial charge in [-0.05, 0) is 56.2 Å². The predicted octanol–water partition coefficient (Wildman–Crippen LogP) is 4.70. The number of amides is 2. The fourth-order valence-corrected chi connectivity index (χ4v) is 4.30. The molecule has 0 aromatic heterocycles. The SMILES string of the molecule is Cc1ccc(N2C(=O)C(c3ccc(Cl)cc3)=C(N3CC(C)OC(C)C3)C2=O)cc1Cl. The van der Waals surface area contributed by atoms with Crippen molar-refractivity contribution in [1.82, 2.24) is 4.90 Å². The summed E-state index contributed by atoms with van der Waals surface area (Å²) in [6.07, 6.45) is -0.114. The molecule has 2 aliphatic heterocycles. The van der Waals surface area contributed by atoms with E-state index in [0.717, 1.165) is 5.56 Å². The van der Waals surface area contributed by atoms with Gasteiger partial charge in [-0.25, -0.2) is 4.90 Å². The number of aryl methyl sites for hydroxylation is 1. The van der Waals surface area contributed by atoms with Crippen molar-refractivity contribution in [2.45, 2.75) is 33.0 Å². The summed E-state index contributed by atoms with van der Waals surface area (Å²) in [5, 5.41) is 1.07. The lowest BCUT2D eigenvalue weighted by molar-refractivity contribution is -0.121. The van der Waals surface area contributed by atoms with Crippen LogP contribution in [0.2, 0.25) is 10.0 Å². The van der Waals surface area contributed by atoms with Gasteiger partial charge in [-0.3, -0.25) is 9.59 Å². The maximum absolute atomic E-state index is 13.6. The summed E-state index contributed by atoms with van der Waals surface area (Å²) in [5.41, 5.74) is 2.74. The van der Waals surface area contributed by atoms with E-state index in [1.807, 2.05) is 25.7 Å². The van der Waals surface area contributed by atoms with Crippen molar-refractivity contribution >= 4 is 46.3 Å². The molecule has 156 valence electrons. The molecule has 0 aliphatic carbocycles. The molecule has 2 unspecified atom stereocenters. The van der Waals surface area contributed by atoms with Gasteiger partial charge < -0.3 is 9.64 Å². The van der Waals surface area contributed by atoms with Crippen LogP contribution in [-0.4, -0.2) is 42.0 Å². The van der Waals surface area contributed by atoms with Crippen LogP contribution >= 0.6 is 23.2 Å². The first kappa shape index (κ1) is 20.9. The summed E-state index contributed by atoms with van der Waals surface area (Å²) >= 11 is 12.3. The summed E-state index contributed by atoms with van der Waals surface area (Å²) in [5.74, 6) is -0.727. The van der Waals surface area contributed by atoms with Gasteiger partial charge in [0.25, 0.3) is 11.8 Å². The van der Waals surface area contributed by atoms with Gasteiger partial charge in [0.1, 0.15) is 5.70 Å². The van der Waals surface area contributed by atoms with E-state index in [-0.39, 0.29) is 24.0 Å². The molecule has 0 spiro atoms. The third kappa shape index (κ3) is 3.73. The Bertz CT molecular complexity index is 1040. The number of imide groups is 1. The highest BCUT2D eigenvalue weighted by atomic mass is 35.5. The van der Waals surface area contributed by atoms with Gasteiger partial charge in [0.05, 0.1) is 23.5 Å². The largest absolute Gasteiger partial charge is 0.372 e. The van der Waals surface area contributed by atoms with Crippen LogP contribution in [0.3, 0.4) is 0 Å². The number of benzene rings is 2. The normalized spacial score (nSPS) is 22.3. The third-order valence-electron chi connectivity index (χ3n) is 5.34. The lowest BCUT2D eigenvalue weighted by Crippen LogP contribution is -2.47. The Morgan fingerprint density at radius 3 is 2.17 bits per heavy atom. The van der Waals surface area contributed by atoms with Gasteiger partial charge in [0.15, 0.2) is 0 Å². The highest BCUT2D eigenvalue weighted by molar-refractivity contribution is 6.45. The molecular weight excluding hydrogens is 423 g/mol. The number of nitrogens with zero attached hydrogens (tertiary/aromatic N) is 2. The molecular formula is C23H22Cl2N2O3. The first-order valence-corrected chi connectivity index (χ1v) is 10.6. The highest BCUT2D eigenvalue weighted by Gasteiger charge is 2.44. The number of carbonyl (C=O) groups is 2. The molecule has 1 saturated heterocycles. The first-order valence-electron chi connectivity index (χ1n) is 9.82. The van der Waals surface area contributed by atoms with Gasteiger partial charge in [-0.15, -0.1) is 0 Å². The van der Waals surface area contributed by atoms with Gasteiger partial charge in [0.2, 0.25) is 0 Å². The number of anilines is 1. The van der Waals surface area contributed by atoms with E-state index in [1.54, 1.807) is 42.5 Å². The van der Waals surface area contributed by atoms with Crippen molar-refractivity contribution in [3.63, 3.8) is 0 Å². The third-order valence-corrected chi connectivity index (χ3v) is 6.00. The molecule has 0 N–H and O–H groups in total. The lowest BCUT2D eigenvalue weighted by atomic mass is 10.0. The van der Waals surface area contributed by atoms with E-state index in [0.29, 0.717) is 45.7 Å². The average Bonchev–Trinajstić information content (AvgIpc) is 2.94. The number of morpholine rings is 1. The maximum Gasteiger partial charge on any atom is 0.282 e. The summed E-state index contributed by atoms with van der Waals surface area (Å²) in [7, 11) is 0.